The number of aliphatic carboxylic acids is 1. The van der Waals surface area contributed by atoms with Crippen LogP contribution in [0.4, 0.5) is 0 Å². The number of nitrogens with zero attached hydrogens (tertiary/aromatic N) is 1. The fourth-order valence-corrected chi connectivity index (χ4v) is 5.04. The molecule has 1 amide bonds. The van der Waals surface area contributed by atoms with Crippen molar-refractivity contribution in [3.05, 3.63) is 35.9 Å². The fraction of sp³-hybridized carbons (Fsp3) is 0.571. The lowest BCUT2D eigenvalue weighted by Crippen LogP contribution is -2.54. The van der Waals surface area contributed by atoms with Crippen LogP contribution in [0.3, 0.4) is 0 Å². The smallest absolute Gasteiger partial charge is 0.326 e. The maximum atomic E-state index is 12.8. The molecule has 2 fully saturated rings. The Morgan fingerprint density at radius 3 is 2.38 bits per heavy atom. The van der Waals surface area contributed by atoms with E-state index in [0.29, 0.717) is 12.3 Å². The molecule has 5 heteroatoms. The first-order chi connectivity index (χ1) is 12.2. The van der Waals surface area contributed by atoms with Gasteiger partial charge in [0.1, 0.15) is 11.8 Å². The van der Waals surface area contributed by atoms with Gasteiger partial charge in [0, 0.05) is 26.3 Å². The number of carbonyl (C=O) groups is 3. The molecular weight excluding hydrogens is 330 g/mol. The zero-order valence-electron chi connectivity index (χ0n) is 15.7. The quantitative estimate of drug-likeness (QED) is 0.849. The fourth-order valence-electron chi connectivity index (χ4n) is 5.04. The van der Waals surface area contributed by atoms with Crippen LogP contribution < -0.4 is 0 Å². The molecule has 5 nitrogen and oxygen atoms in total. The van der Waals surface area contributed by atoms with Gasteiger partial charge in [-0.15, -0.1) is 0 Å². The number of hydrogen-bond donors (Lipinski definition) is 1. The van der Waals surface area contributed by atoms with Crippen molar-refractivity contribution in [3.8, 4) is 0 Å². The Hall–Kier alpha value is -2.17. The lowest BCUT2D eigenvalue weighted by Gasteiger charge is -2.42. The second-order valence-corrected chi connectivity index (χ2v) is 8.36. The molecule has 0 radical (unpaired) electrons. The van der Waals surface area contributed by atoms with Gasteiger partial charge >= 0.3 is 5.97 Å². The standard InChI is InChI=1S/C21H27NO4/c1-14(23)22(17(19(25)26)11-15-7-5-4-6-8-15)13-21-10-9-16(12-18(21)24)20(21,2)3/h4-8,16-17H,9-13H2,1-3H3,(H,25,26)/t16?,17-,21?/m0/s1. The van der Waals surface area contributed by atoms with Gasteiger partial charge in [-0.3, -0.25) is 9.59 Å². The van der Waals surface area contributed by atoms with E-state index in [-0.39, 0.29) is 30.1 Å². The Morgan fingerprint density at radius 1 is 1.27 bits per heavy atom. The monoisotopic (exact) mass is 357 g/mol. The topological polar surface area (TPSA) is 74.7 Å². The van der Waals surface area contributed by atoms with E-state index >= 15 is 0 Å². The van der Waals surface area contributed by atoms with Crippen LogP contribution in [0, 0.1) is 16.7 Å². The number of carboxylic acid groups (broad SMARTS) is 1. The minimum absolute atomic E-state index is 0.189. The summed E-state index contributed by atoms with van der Waals surface area (Å²) >= 11 is 0. The molecule has 2 aliphatic carbocycles. The summed E-state index contributed by atoms with van der Waals surface area (Å²) < 4.78 is 0. The van der Waals surface area contributed by atoms with Gasteiger partial charge in [-0.05, 0) is 29.7 Å². The molecule has 0 spiro atoms. The van der Waals surface area contributed by atoms with Crippen molar-refractivity contribution in [1.29, 1.82) is 0 Å². The Bertz CT molecular complexity index is 727. The minimum atomic E-state index is -1.03. The summed E-state index contributed by atoms with van der Waals surface area (Å²) in [4.78, 5) is 38.6. The van der Waals surface area contributed by atoms with Crippen molar-refractivity contribution in [2.75, 3.05) is 6.54 Å². The number of carbonyl (C=O) groups excluding carboxylic acids is 2. The summed E-state index contributed by atoms with van der Waals surface area (Å²) in [6, 6.07) is 8.35. The Balaban J connectivity index is 1.91. The van der Waals surface area contributed by atoms with Crippen LogP contribution in [0.2, 0.25) is 0 Å². The van der Waals surface area contributed by atoms with E-state index in [2.05, 4.69) is 13.8 Å². The predicted octanol–water partition coefficient (Wildman–Crippen LogP) is 2.93. The number of rotatable bonds is 6. The van der Waals surface area contributed by atoms with Crippen LogP contribution in [0.1, 0.15) is 45.6 Å². The van der Waals surface area contributed by atoms with E-state index in [4.69, 9.17) is 0 Å². The second-order valence-electron chi connectivity index (χ2n) is 8.36. The molecule has 2 aliphatic rings. The minimum Gasteiger partial charge on any atom is -0.480 e. The van der Waals surface area contributed by atoms with Gasteiger partial charge in [0.15, 0.2) is 0 Å². The molecule has 2 saturated carbocycles. The molecule has 140 valence electrons. The molecule has 0 aromatic heterocycles. The summed E-state index contributed by atoms with van der Waals surface area (Å²) in [5.74, 6) is -0.796. The SMILES string of the molecule is CC(=O)N(CC12CCC(CC1=O)C2(C)C)[C@@H](Cc1ccccc1)C(=O)O. The molecule has 1 aromatic carbocycles. The van der Waals surface area contributed by atoms with Crippen molar-refractivity contribution in [2.24, 2.45) is 16.7 Å². The van der Waals surface area contributed by atoms with Crippen LogP contribution in [0.15, 0.2) is 30.3 Å². The van der Waals surface area contributed by atoms with Gasteiger partial charge in [0.05, 0.1) is 5.41 Å². The number of benzene rings is 1. The Morgan fingerprint density at radius 2 is 1.92 bits per heavy atom. The maximum absolute atomic E-state index is 12.8. The van der Waals surface area contributed by atoms with Crippen LogP contribution in [0.5, 0.6) is 0 Å². The lowest BCUT2D eigenvalue weighted by atomic mass is 9.68. The number of carboxylic acids is 1. The van der Waals surface area contributed by atoms with Crippen molar-refractivity contribution >= 4 is 17.7 Å². The number of fused-ring (bicyclic) bond motifs is 2. The zero-order chi connectivity index (χ0) is 19.1. The summed E-state index contributed by atoms with van der Waals surface area (Å²) in [6.45, 7) is 5.80. The normalized spacial score (nSPS) is 27.3. The highest BCUT2D eigenvalue weighted by Gasteiger charge is 2.64. The van der Waals surface area contributed by atoms with E-state index in [1.54, 1.807) is 0 Å². The molecular formula is C21H27NO4. The zero-order valence-corrected chi connectivity index (χ0v) is 15.7. The highest BCUT2D eigenvalue weighted by Crippen LogP contribution is 2.64. The summed E-state index contributed by atoms with van der Waals surface area (Å²) in [7, 11) is 0. The molecule has 0 heterocycles. The predicted molar refractivity (Wildman–Crippen MR) is 97.5 cm³/mol. The summed E-state index contributed by atoms with van der Waals surface area (Å²) in [6.07, 6.45) is 2.50. The first-order valence-electron chi connectivity index (χ1n) is 9.26. The molecule has 2 bridgehead atoms. The largest absolute Gasteiger partial charge is 0.480 e. The first-order valence-corrected chi connectivity index (χ1v) is 9.26. The van der Waals surface area contributed by atoms with Crippen molar-refractivity contribution in [1.82, 2.24) is 4.90 Å². The van der Waals surface area contributed by atoms with E-state index in [1.165, 1.54) is 11.8 Å². The third-order valence-electron chi connectivity index (χ3n) is 6.92. The Kier molecular flexibility index (Phi) is 4.67. The maximum Gasteiger partial charge on any atom is 0.326 e. The van der Waals surface area contributed by atoms with Gasteiger partial charge in [0.25, 0.3) is 0 Å². The molecule has 0 aliphatic heterocycles. The lowest BCUT2D eigenvalue weighted by molar-refractivity contribution is -0.153. The average Bonchev–Trinajstić information content (AvgIpc) is 2.93. The second kappa shape index (κ2) is 6.53. The average molecular weight is 357 g/mol. The first kappa shape index (κ1) is 18.6. The highest BCUT2D eigenvalue weighted by molar-refractivity contribution is 5.91. The van der Waals surface area contributed by atoms with Gasteiger partial charge in [-0.25, -0.2) is 4.79 Å². The van der Waals surface area contributed by atoms with E-state index in [0.717, 1.165) is 18.4 Å². The number of amides is 1. The van der Waals surface area contributed by atoms with E-state index in [9.17, 15) is 19.5 Å². The van der Waals surface area contributed by atoms with Gasteiger partial charge in [-0.2, -0.15) is 0 Å². The molecule has 1 aromatic rings. The number of Topliss-reactive ketones (excluding diaryl/α,β-unsaturated/α-hetero) is 1. The van der Waals surface area contributed by atoms with Crippen molar-refractivity contribution in [2.45, 2.75) is 52.5 Å². The third-order valence-corrected chi connectivity index (χ3v) is 6.92. The molecule has 1 N–H and O–H groups in total. The van der Waals surface area contributed by atoms with Crippen LogP contribution in [-0.4, -0.2) is 40.3 Å². The van der Waals surface area contributed by atoms with Crippen LogP contribution in [-0.2, 0) is 20.8 Å². The molecule has 26 heavy (non-hydrogen) atoms. The molecule has 2 unspecified atom stereocenters. The molecule has 3 atom stereocenters. The third kappa shape index (κ3) is 2.83. The van der Waals surface area contributed by atoms with E-state index in [1.807, 2.05) is 30.3 Å². The summed E-state index contributed by atoms with van der Waals surface area (Å²) in [5.41, 5.74) is 0.0476. The van der Waals surface area contributed by atoms with Crippen LogP contribution in [0.25, 0.3) is 0 Å². The number of hydrogen-bond acceptors (Lipinski definition) is 3. The molecule has 3 rings (SSSR count). The highest BCUT2D eigenvalue weighted by atomic mass is 16.4. The van der Waals surface area contributed by atoms with Gasteiger partial charge in [0.2, 0.25) is 5.91 Å². The van der Waals surface area contributed by atoms with Crippen molar-refractivity contribution < 1.29 is 19.5 Å². The van der Waals surface area contributed by atoms with Gasteiger partial charge < -0.3 is 10.0 Å². The summed E-state index contributed by atoms with van der Waals surface area (Å²) in [5, 5.41) is 9.81. The van der Waals surface area contributed by atoms with Gasteiger partial charge in [-0.1, -0.05) is 44.2 Å². The molecule has 0 saturated heterocycles. The Labute approximate surface area is 154 Å². The van der Waals surface area contributed by atoms with Crippen molar-refractivity contribution in [3.63, 3.8) is 0 Å². The van der Waals surface area contributed by atoms with Crippen LogP contribution >= 0.6 is 0 Å². The van der Waals surface area contributed by atoms with E-state index < -0.39 is 17.4 Å². The number of ketones is 1.